The third-order valence-electron chi connectivity index (χ3n) is 5.85. The van der Waals surface area contributed by atoms with Crippen LogP contribution in [0, 0.1) is 0 Å². The van der Waals surface area contributed by atoms with Gasteiger partial charge in [0.05, 0.1) is 11.2 Å². The Morgan fingerprint density at radius 1 is 0.963 bits per heavy atom. The number of para-hydroxylation sites is 1. The quantitative estimate of drug-likeness (QED) is 0.514. The number of hydrogen-bond acceptors (Lipinski definition) is 2. The van der Waals surface area contributed by atoms with Crippen LogP contribution in [0.5, 0.6) is 0 Å². The third-order valence-corrected chi connectivity index (χ3v) is 5.85. The zero-order valence-electron chi connectivity index (χ0n) is 17.0. The zero-order chi connectivity index (χ0) is 19.0. The Balaban J connectivity index is 1.82. The van der Waals surface area contributed by atoms with Crippen LogP contribution >= 0.6 is 0 Å². The monoisotopic (exact) mass is 358 g/mol. The molecule has 4 rings (SSSR count). The molecule has 3 aromatic rings. The van der Waals surface area contributed by atoms with Crippen molar-refractivity contribution in [2.24, 2.45) is 0 Å². The predicted molar refractivity (Wildman–Crippen MR) is 117 cm³/mol. The van der Waals surface area contributed by atoms with Gasteiger partial charge in [0.25, 0.3) is 0 Å². The van der Waals surface area contributed by atoms with Gasteiger partial charge in [0.15, 0.2) is 0 Å². The minimum atomic E-state index is 0.170. The van der Waals surface area contributed by atoms with Gasteiger partial charge in [0.2, 0.25) is 0 Å². The molecule has 0 aliphatic carbocycles. The molecular formula is C25H30N2. The molecule has 0 spiro atoms. The van der Waals surface area contributed by atoms with Crippen LogP contribution in [0.1, 0.15) is 52.5 Å². The van der Waals surface area contributed by atoms with Gasteiger partial charge in [-0.15, -0.1) is 0 Å². The molecule has 0 amide bonds. The molecule has 0 N–H and O–H groups in total. The maximum Gasteiger partial charge on any atom is 0.0730 e. The molecule has 2 heterocycles. The number of anilines is 1. The molecule has 0 unspecified atom stereocenters. The van der Waals surface area contributed by atoms with Crippen LogP contribution in [0.3, 0.4) is 0 Å². The van der Waals surface area contributed by atoms with Crippen molar-refractivity contribution < 1.29 is 0 Å². The van der Waals surface area contributed by atoms with Crippen LogP contribution in [0.2, 0.25) is 0 Å². The summed E-state index contributed by atoms with van der Waals surface area (Å²) in [5, 5.41) is 1.27. The highest BCUT2D eigenvalue weighted by atomic mass is 15.2. The van der Waals surface area contributed by atoms with E-state index in [1.54, 1.807) is 0 Å². The second-order valence-corrected chi connectivity index (χ2v) is 8.91. The molecule has 0 saturated carbocycles. The number of aromatic nitrogens is 1. The van der Waals surface area contributed by atoms with Crippen LogP contribution in [-0.2, 0) is 5.41 Å². The number of nitrogens with zero attached hydrogens (tertiary/aromatic N) is 2. The summed E-state index contributed by atoms with van der Waals surface area (Å²) < 4.78 is 0. The van der Waals surface area contributed by atoms with Gasteiger partial charge in [-0.1, -0.05) is 63.2 Å². The predicted octanol–water partition coefficient (Wildman–Crippen LogP) is 6.58. The first-order chi connectivity index (χ1) is 12.9. The van der Waals surface area contributed by atoms with E-state index in [9.17, 15) is 0 Å². The van der Waals surface area contributed by atoms with Gasteiger partial charge in [0.1, 0.15) is 0 Å². The van der Waals surface area contributed by atoms with E-state index in [-0.39, 0.29) is 5.41 Å². The molecule has 2 nitrogen and oxygen atoms in total. The topological polar surface area (TPSA) is 16.1 Å². The molecule has 2 aromatic carbocycles. The molecule has 1 aliphatic heterocycles. The Hall–Kier alpha value is -2.35. The highest BCUT2D eigenvalue weighted by molar-refractivity contribution is 5.94. The number of hydrogen-bond donors (Lipinski definition) is 0. The van der Waals surface area contributed by atoms with Crippen LogP contribution < -0.4 is 4.90 Å². The fourth-order valence-electron chi connectivity index (χ4n) is 4.14. The van der Waals surface area contributed by atoms with Crippen molar-refractivity contribution >= 4 is 16.6 Å². The largest absolute Gasteiger partial charge is 0.368 e. The molecule has 0 radical (unpaired) electrons. The lowest BCUT2D eigenvalue weighted by Crippen LogP contribution is -2.37. The smallest absolute Gasteiger partial charge is 0.0730 e. The summed E-state index contributed by atoms with van der Waals surface area (Å²) in [4.78, 5) is 7.58. The van der Waals surface area contributed by atoms with E-state index in [1.165, 1.54) is 41.5 Å². The first kappa shape index (κ1) is 18.0. The van der Waals surface area contributed by atoms with Crippen molar-refractivity contribution in [1.82, 2.24) is 4.98 Å². The van der Waals surface area contributed by atoms with E-state index in [2.05, 4.69) is 87.2 Å². The molecule has 1 atom stereocenters. The standard InChI is InChI=1S/C25H30N2/c1-18-9-7-8-16-27(18)24-17-23(26-22-11-6-5-10-21(22)24)19-12-14-20(15-13-19)25(2,3)4/h5-6,10-15,17-18H,7-9,16H2,1-4H3/t18-/m1/s1. The van der Waals surface area contributed by atoms with E-state index < -0.39 is 0 Å². The van der Waals surface area contributed by atoms with Crippen LogP contribution in [0.25, 0.3) is 22.2 Å². The molecule has 1 saturated heterocycles. The van der Waals surface area contributed by atoms with Gasteiger partial charge in [-0.2, -0.15) is 0 Å². The van der Waals surface area contributed by atoms with Crippen LogP contribution in [0.4, 0.5) is 5.69 Å². The van der Waals surface area contributed by atoms with Crippen LogP contribution in [0.15, 0.2) is 54.6 Å². The first-order valence-electron chi connectivity index (χ1n) is 10.2. The van der Waals surface area contributed by atoms with Gasteiger partial charge in [-0.05, 0) is 49.3 Å². The molecular weight excluding hydrogens is 328 g/mol. The zero-order valence-corrected chi connectivity index (χ0v) is 17.0. The first-order valence-corrected chi connectivity index (χ1v) is 10.2. The van der Waals surface area contributed by atoms with Crippen molar-refractivity contribution in [2.75, 3.05) is 11.4 Å². The summed E-state index contributed by atoms with van der Waals surface area (Å²) in [6.45, 7) is 10.3. The number of fused-ring (bicyclic) bond motifs is 1. The minimum Gasteiger partial charge on any atom is -0.368 e. The van der Waals surface area contributed by atoms with Crippen molar-refractivity contribution in [3.8, 4) is 11.3 Å². The lowest BCUT2D eigenvalue weighted by molar-refractivity contribution is 0.486. The van der Waals surface area contributed by atoms with Gasteiger partial charge in [0, 0.05) is 29.2 Å². The lowest BCUT2D eigenvalue weighted by Gasteiger charge is -2.36. The molecule has 140 valence electrons. The van der Waals surface area contributed by atoms with Crippen LogP contribution in [-0.4, -0.2) is 17.6 Å². The Bertz CT molecular complexity index is 935. The molecule has 1 aliphatic rings. The Morgan fingerprint density at radius 3 is 2.41 bits per heavy atom. The van der Waals surface area contributed by atoms with Crippen molar-refractivity contribution in [3.05, 3.63) is 60.2 Å². The Morgan fingerprint density at radius 2 is 1.70 bits per heavy atom. The van der Waals surface area contributed by atoms with E-state index >= 15 is 0 Å². The summed E-state index contributed by atoms with van der Waals surface area (Å²) in [6, 6.07) is 20.4. The van der Waals surface area contributed by atoms with E-state index in [1.807, 2.05) is 0 Å². The normalized spacial score (nSPS) is 18.1. The molecule has 1 aromatic heterocycles. The second-order valence-electron chi connectivity index (χ2n) is 8.91. The molecule has 1 fully saturated rings. The van der Waals surface area contributed by atoms with Gasteiger partial charge in [-0.25, -0.2) is 4.98 Å². The van der Waals surface area contributed by atoms with E-state index in [0.717, 1.165) is 17.8 Å². The molecule has 2 heteroatoms. The number of rotatable bonds is 2. The van der Waals surface area contributed by atoms with Gasteiger partial charge < -0.3 is 4.90 Å². The maximum atomic E-state index is 4.99. The lowest BCUT2D eigenvalue weighted by atomic mass is 9.86. The van der Waals surface area contributed by atoms with Crippen molar-refractivity contribution in [2.45, 2.75) is 58.4 Å². The highest BCUT2D eigenvalue weighted by Gasteiger charge is 2.21. The number of pyridine rings is 1. The average Bonchev–Trinajstić information content (AvgIpc) is 2.67. The highest BCUT2D eigenvalue weighted by Crippen LogP contribution is 2.35. The summed E-state index contributed by atoms with van der Waals surface area (Å²) in [7, 11) is 0. The minimum absolute atomic E-state index is 0.170. The summed E-state index contributed by atoms with van der Waals surface area (Å²) >= 11 is 0. The SMILES string of the molecule is C[C@@H]1CCCCN1c1cc(-c2ccc(C(C)(C)C)cc2)nc2ccccc12. The number of piperidine rings is 1. The van der Waals surface area contributed by atoms with Gasteiger partial charge >= 0.3 is 0 Å². The summed E-state index contributed by atoms with van der Waals surface area (Å²) in [5.74, 6) is 0. The molecule has 27 heavy (non-hydrogen) atoms. The van der Waals surface area contributed by atoms with Gasteiger partial charge in [-0.3, -0.25) is 0 Å². The Kier molecular flexibility index (Phi) is 4.67. The average molecular weight is 359 g/mol. The fourth-order valence-corrected chi connectivity index (χ4v) is 4.14. The van der Waals surface area contributed by atoms with Crippen molar-refractivity contribution in [3.63, 3.8) is 0 Å². The molecule has 0 bridgehead atoms. The Labute approximate surface area is 163 Å². The fraction of sp³-hybridized carbons (Fsp3) is 0.400. The number of benzene rings is 2. The maximum absolute atomic E-state index is 4.99. The third kappa shape index (κ3) is 3.58. The second kappa shape index (κ2) is 6.99. The van der Waals surface area contributed by atoms with E-state index in [4.69, 9.17) is 4.98 Å². The summed E-state index contributed by atoms with van der Waals surface area (Å²) in [6.07, 6.45) is 3.88. The van der Waals surface area contributed by atoms with Crippen molar-refractivity contribution in [1.29, 1.82) is 0 Å². The van der Waals surface area contributed by atoms with E-state index in [0.29, 0.717) is 6.04 Å². The summed E-state index contributed by atoms with van der Waals surface area (Å²) in [5.41, 5.74) is 6.22.